The fourth-order valence-corrected chi connectivity index (χ4v) is 2.42. The van der Waals surface area contributed by atoms with E-state index in [2.05, 4.69) is 27.4 Å². The summed E-state index contributed by atoms with van der Waals surface area (Å²) in [6, 6.07) is 8.95. The van der Waals surface area contributed by atoms with Crippen molar-refractivity contribution in [1.29, 1.82) is 0 Å². The van der Waals surface area contributed by atoms with Gasteiger partial charge in [-0.05, 0) is 37.4 Å². The zero-order chi connectivity index (χ0) is 14.7. The molecule has 4 nitrogen and oxygen atoms in total. The van der Waals surface area contributed by atoms with Crippen LogP contribution in [0.2, 0.25) is 0 Å². The van der Waals surface area contributed by atoms with E-state index in [9.17, 15) is 4.79 Å². The lowest BCUT2D eigenvalue weighted by Crippen LogP contribution is -2.44. The molecule has 2 aromatic rings. The Morgan fingerprint density at radius 1 is 1.19 bits per heavy atom. The maximum atomic E-state index is 12.2. The van der Waals surface area contributed by atoms with Crippen LogP contribution in [0.15, 0.2) is 36.7 Å². The van der Waals surface area contributed by atoms with Gasteiger partial charge in [-0.25, -0.2) is 9.97 Å². The Morgan fingerprint density at radius 2 is 1.81 bits per heavy atom. The van der Waals surface area contributed by atoms with Gasteiger partial charge in [-0.2, -0.15) is 0 Å². The molecule has 1 aromatic heterocycles. The molecule has 1 fully saturated rings. The standard InChI is InChI=1S/C17H19N3O/c1-12-19-10-15(11-20-12)17(21)9-14-4-2-13(3-5-14)8-16-6-7-18-16/h2-5,10-11,16,18H,6-9H2,1H3/t16-/m1/s1. The smallest absolute Gasteiger partial charge is 0.170 e. The second kappa shape index (κ2) is 6.14. The van der Waals surface area contributed by atoms with Gasteiger partial charge in [0.25, 0.3) is 0 Å². The van der Waals surface area contributed by atoms with E-state index in [0.717, 1.165) is 18.5 Å². The van der Waals surface area contributed by atoms with E-state index >= 15 is 0 Å². The van der Waals surface area contributed by atoms with Crippen molar-refractivity contribution in [3.63, 3.8) is 0 Å². The maximum Gasteiger partial charge on any atom is 0.170 e. The third-order valence-electron chi connectivity index (χ3n) is 3.90. The molecule has 1 aliphatic heterocycles. The van der Waals surface area contributed by atoms with Gasteiger partial charge in [0.05, 0.1) is 5.56 Å². The summed E-state index contributed by atoms with van der Waals surface area (Å²) in [4.78, 5) is 20.3. The summed E-state index contributed by atoms with van der Waals surface area (Å²) in [6.07, 6.45) is 5.92. The molecular weight excluding hydrogens is 262 g/mol. The number of hydrogen-bond acceptors (Lipinski definition) is 4. The van der Waals surface area contributed by atoms with Crippen molar-refractivity contribution < 1.29 is 4.79 Å². The summed E-state index contributed by atoms with van der Waals surface area (Å²) in [5.41, 5.74) is 2.93. The van der Waals surface area contributed by atoms with E-state index in [-0.39, 0.29) is 5.78 Å². The third kappa shape index (κ3) is 3.52. The zero-order valence-electron chi connectivity index (χ0n) is 12.2. The third-order valence-corrected chi connectivity index (χ3v) is 3.90. The van der Waals surface area contributed by atoms with Crippen molar-refractivity contribution >= 4 is 5.78 Å². The molecule has 21 heavy (non-hydrogen) atoms. The normalized spacial score (nSPS) is 17.3. The summed E-state index contributed by atoms with van der Waals surface area (Å²) in [5.74, 6) is 0.740. The van der Waals surface area contributed by atoms with Crippen molar-refractivity contribution in [2.75, 3.05) is 6.54 Å². The molecule has 0 amide bonds. The fraction of sp³-hybridized carbons (Fsp3) is 0.353. The molecule has 1 aromatic carbocycles. The van der Waals surface area contributed by atoms with Gasteiger partial charge < -0.3 is 5.32 Å². The molecule has 1 aliphatic rings. The van der Waals surface area contributed by atoms with Crippen LogP contribution in [0.4, 0.5) is 0 Å². The highest BCUT2D eigenvalue weighted by Gasteiger charge is 2.16. The maximum absolute atomic E-state index is 12.2. The Balaban J connectivity index is 1.61. The monoisotopic (exact) mass is 281 g/mol. The molecule has 1 N–H and O–H groups in total. The van der Waals surface area contributed by atoms with Gasteiger partial charge in [0.15, 0.2) is 5.78 Å². The minimum absolute atomic E-state index is 0.0587. The van der Waals surface area contributed by atoms with E-state index in [0.29, 0.717) is 23.9 Å². The van der Waals surface area contributed by atoms with Crippen LogP contribution in [0.5, 0.6) is 0 Å². The van der Waals surface area contributed by atoms with Crippen LogP contribution in [0.25, 0.3) is 0 Å². The SMILES string of the molecule is Cc1ncc(C(=O)Cc2ccc(C[C@H]3CCN3)cc2)cn1. The van der Waals surface area contributed by atoms with Gasteiger partial charge in [-0.15, -0.1) is 0 Å². The number of rotatable bonds is 5. The fourth-order valence-electron chi connectivity index (χ4n) is 2.42. The summed E-state index contributed by atoms with van der Waals surface area (Å²) in [7, 11) is 0. The molecule has 0 saturated carbocycles. The van der Waals surface area contributed by atoms with Gasteiger partial charge in [-0.1, -0.05) is 24.3 Å². The average molecular weight is 281 g/mol. The molecular formula is C17H19N3O. The minimum atomic E-state index is 0.0587. The van der Waals surface area contributed by atoms with Gasteiger partial charge >= 0.3 is 0 Å². The summed E-state index contributed by atoms with van der Waals surface area (Å²) in [5, 5.41) is 3.40. The largest absolute Gasteiger partial charge is 0.314 e. The lowest BCUT2D eigenvalue weighted by atomic mass is 9.96. The molecule has 0 unspecified atom stereocenters. The predicted molar refractivity (Wildman–Crippen MR) is 81.4 cm³/mol. The van der Waals surface area contributed by atoms with Crippen molar-refractivity contribution in [1.82, 2.24) is 15.3 Å². The molecule has 0 aliphatic carbocycles. The number of hydrogen-bond donors (Lipinski definition) is 1. The highest BCUT2D eigenvalue weighted by Crippen LogP contribution is 2.13. The van der Waals surface area contributed by atoms with Crippen LogP contribution >= 0.6 is 0 Å². The van der Waals surface area contributed by atoms with Gasteiger partial charge in [0.1, 0.15) is 5.82 Å². The van der Waals surface area contributed by atoms with Gasteiger partial charge in [-0.3, -0.25) is 4.79 Å². The summed E-state index contributed by atoms with van der Waals surface area (Å²) < 4.78 is 0. The Bertz CT molecular complexity index is 615. The highest BCUT2D eigenvalue weighted by atomic mass is 16.1. The van der Waals surface area contributed by atoms with Crippen molar-refractivity contribution in [2.24, 2.45) is 0 Å². The van der Waals surface area contributed by atoms with Crippen LogP contribution in [-0.2, 0) is 12.8 Å². The van der Waals surface area contributed by atoms with Gasteiger partial charge in [0, 0.05) is 24.9 Å². The quantitative estimate of drug-likeness (QED) is 0.853. The van der Waals surface area contributed by atoms with Crippen LogP contribution in [0.3, 0.4) is 0 Å². The number of nitrogens with one attached hydrogen (secondary N) is 1. The zero-order valence-corrected chi connectivity index (χ0v) is 12.2. The van der Waals surface area contributed by atoms with Crippen LogP contribution < -0.4 is 5.32 Å². The molecule has 1 saturated heterocycles. The number of aryl methyl sites for hydroxylation is 1. The van der Waals surface area contributed by atoms with Crippen LogP contribution in [0.1, 0.15) is 33.7 Å². The number of benzene rings is 1. The van der Waals surface area contributed by atoms with E-state index in [1.807, 2.05) is 19.1 Å². The minimum Gasteiger partial charge on any atom is -0.314 e. The topological polar surface area (TPSA) is 54.9 Å². The van der Waals surface area contributed by atoms with Crippen molar-refractivity contribution in [2.45, 2.75) is 32.2 Å². The highest BCUT2D eigenvalue weighted by molar-refractivity contribution is 5.96. The van der Waals surface area contributed by atoms with E-state index < -0.39 is 0 Å². The molecule has 1 atom stereocenters. The Labute approximate surface area is 124 Å². The lowest BCUT2D eigenvalue weighted by molar-refractivity contribution is 0.0992. The molecule has 0 spiro atoms. The Kier molecular flexibility index (Phi) is 4.06. The number of aromatic nitrogens is 2. The number of carbonyl (C=O) groups is 1. The van der Waals surface area contributed by atoms with Crippen LogP contribution in [0, 0.1) is 6.92 Å². The molecule has 0 bridgehead atoms. The summed E-state index contributed by atoms with van der Waals surface area (Å²) in [6.45, 7) is 2.94. The first-order valence-corrected chi connectivity index (χ1v) is 7.34. The molecule has 0 radical (unpaired) electrons. The lowest BCUT2D eigenvalue weighted by Gasteiger charge is -2.27. The van der Waals surface area contributed by atoms with Crippen molar-refractivity contribution in [3.8, 4) is 0 Å². The molecule has 3 rings (SSSR count). The Morgan fingerprint density at radius 3 is 2.38 bits per heavy atom. The van der Waals surface area contributed by atoms with Gasteiger partial charge in [0.2, 0.25) is 0 Å². The summed E-state index contributed by atoms with van der Waals surface area (Å²) >= 11 is 0. The first-order chi connectivity index (χ1) is 10.2. The number of Topliss-reactive ketones (excluding diaryl/α,β-unsaturated/α-hetero) is 1. The first kappa shape index (κ1) is 13.9. The van der Waals surface area contributed by atoms with E-state index in [4.69, 9.17) is 0 Å². The molecule has 2 heterocycles. The van der Waals surface area contributed by atoms with E-state index in [1.54, 1.807) is 12.4 Å². The second-order valence-electron chi connectivity index (χ2n) is 5.58. The predicted octanol–water partition coefficient (Wildman–Crippen LogP) is 2.11. The van der Waals surface area contributed by atoms with Crippen molar-refractivity contribution in [3.05, 3.63) is 59.2 Å². The molecule has 108 valence electrons. The number of nitrogens with zero attached hydrogens (tertiary/aromatic N) is 2. The average Bonchev–Trinajstić information content (AvgIpc) is 2.45. The van der Waals surface area contributed by atoms with E-state index in [1.165, 1.54) is 12.0 Å². The van der Waals surface area contributed by atoms with Crippen LogP contribution in [-0.4, -0.2) is 28.3 Å². The second-order valence-corrected chi connectivity index (χ2v) is 5.58. The molecule has 4 heteroatoms. The number of ketones is 1. The first-order valence-electron chi connectivity index (χ1n) is 7.34. The number of carbonyl (C=O) groups excluding carboxylic acids is 1. The Hall–Kier alpha value is -2.07.